The summed E-state index contributed by atoms with van der Waals surface area (Å²) in [6.45, 7) is 1.78. The van der Waals surface area contributed by atoms with Gasteiger partial charge in [-0.05, 0) is 18.6 Å². The Hall–Kier alpha value is -3.74. The van der Waals surface area contributed by atoms with Crippen molar-refractivity contribution in [2.45, 2.75) is 13.3 Å². The van der Waals surface area contributed by atoms with E-state index in [2.05, 4.69) is 10.3 Å². The molecule has 0 atom stereocenters. The van der Waals surface area contributed by atoms with Crippen LogP contribution in [0.1, 0.15) is 11.3 Å². The lowest BCUT2D eigenvalue weighted by atomic mass is 10.0. The van der Waals surface area contributed by atoms with Crippen LogP contribution in [0.2, 0.25) is 0 Å². The molecule has 2 aromatic carbocycles. The summed E-state index contributed by atoms with van der Waals surface area (Å²) in [5.74, 6) is -0.129. The maximum Gasteiger partial charge on any atom is 0.282 e. The topological polar surface area (TPSA) is 104 Å². The van der Waals surface area contributed by atoms with Gasteiger partial charge in [0.2, 0.25) is 5.91 Å². The Labute approximate surface area is 154 Å². The van der Waals surface area contributed by atoms with E-state index in [9.17, 15) is 9.59 Å². The zero-order valence-electron chi connectivity index (χ0n) is 14.5. The Kier molecular flexibility index (Phi) is 4.04. The molecule has 27 heavy (non-hydrogen) atoms. The van der Waals surface area contributed by atoms with Gasteiger partial charge in [0, 0.05) is 17.0 Å². The van der Waals surface area contributed by atoms with Gasteiger partial charge in [0.25, 0.3) is 11.4 Å². The Morgan fingerprint density at radius 2 is 1.81 bits per heavy atom. The molecule has 134 valence electrons. The molecule has 7 heteroatoms. The van der Waals surface area contributed by atoms with Crippen LogP contribution < -0.4 is 11.3 Å². The van der Waals surface area contributed by atoms with Gasteiger partial charge in [-0.1, -0.05) is 47.6 Å². The van der Waals surface area contributed by atoms with Crippen LogP contribution in [-0.2, 0) is 11.2 Å². The van der Waals surface area contributed by atoms with Gasteiger partial charge in [-0.25, -0.2) is 0 Å². The SMILES string of the molecule is Cc1cc(-n2nc(-c3ccc(CC(N)=O)cc3)c3ccccc3c2=O)on1. The molecule has 2 N–H and O–H groups in total. The number of aryl methyl sites for hydroxylation is 1. The lowest BCUT2D eigenvalue weighted by Crippen LogP contribution is -2.21. The van der Waals surface area contributed by atoms with Crippen LogP contribution in [0.25, 0.3) is 27.9 Å². The van der Waals surface area contributed by atoms with Crippen LogP contribution in [0.5, 0.6) is 0 Å². The first-order valence-corrected chi connectivity index (χ1v) is 8.36. The minimum atomic E-state index is -0.388. The summed E-state index contributed by atoms with van der Waals surface area (Å²) in [5.41, 5.74) is 7.87. The number of hydrogen-bond donors (Lipinski definition) is 1. The van der Waals surface area contributed by atoms with Crippen molar-refractivity contribution in [2.75, 3.05) is 0 Å². The molecule has 1 amide bonds. The van der Waals surface area contributed by atoms with Crippen LogP contribution >= 0.6 is 0 Å². The Morgan fingerprint density at radius 3 is 2.44 bits per heavy atom. The lowest BCUT2D eigenvalue weighted by molar-refractivity contribution is -0.117. The second-order valence-corrected chi connectivity index (χ2v) is 6.26. The first kappa shape index (κ1) is 16.7. The second-order valence-electron chi connectivity index (χ2n) is 6.26. The van der Waals surface area contributed by atoms with Gasteiger partial charge in [-0.2, -0.15) is 9.78 Å². The number of primary amides is 1. The number of amides is 1. The number of rotatable bonds is 4. The molecule has 0 radical (unpaired) electrons. The summed E-state index contributed by atoms with van der Waals surface area (Å²) in [4.78, 5) is 24.0. The highest BCUT2D eigenvalue weighted by molar-refractivity contribution is 5.94. The fourth-order valence-electron chi connectivity index (χ4n) is 2.98. The first-order valence-electron chi connectivity index (χ1n) is 8.36. The number of hydrogen-bond acceptors (Lipinski definition) is 5. The molecule has 7 nitrogen and oxygen atoms in total. The normalized spacial score (nSPS) is 11.0. The van der Waals surface area contributed by atoms with E-state index in [-0.39, 0.29) is 23.8 Å². The third-order valence-electron chi connectivity index (χ3n) is 4.23. The van der Waals surface area contributed by atoms with Crippen LogP contribution in [0.3, 0.4) is 0 Å². The summed E-state index contributed by atoms with van der Waals surface area (Å²) in [5, 5.41) is 9.62. The number of nitrogens with two attached hydrogens (primary N) is 1. The molecule has 4 rings (SSSR count). The zero-order chi connectivity index (χ0) is 19.0. The monoisotopic (exact) mass is 360 g/mol. The lowest BCUT2D eigenvalue weighted by Gasteiger charge is -2.09. The quantitative estimate of drug-likeness (QED) is 0.602. The van der Waals surface area contributed by atoms with Crippen molar-refractivity contribution in [3.05, 3.63) is 76.2 Å². The van der Waals surface area contributed by atoms with E-state index in [0.29, 0.717) is 16.8 Å². The summed E-state index contributed by atoms with van der Waals surface area (Å²) in [6, 6.07) is 16.3. The molecular formula is C20H16N4O3. The number of carbonyl (C=O) groups excluding carboxylic acids is 1. The summed E-state index contributed by atoms with van der Waals surface area (Å²) >= 11 is 0. The Morgan fingerprint density at radius 1 is 1.11 bits per heavy atom. The van der Waals surface area contributed by atoms with Gasteiger partial charge in [0.15, 0.2) is 0 Å². The number of nitrogens with zero attached hydrogens (tertiary/aromatic N) is 3. The summed E-state index contributed by atoms with van der Waals surface area (Å²) in [6.07, 6.45) is 0.172. The van der Waals surface area contributed by atoms with E-state index in [0.717, 1.165) is 16.5 Å². The highest BCUT2D eigenvalue weighted by atomic mass is 16.5. The largest absolute Gasteiger partial charge is 0.369 e. The van der Waals surface area contributed by atoms with Crippen molar-refractivity contribution < 1.29 is 9.32 Å². The third kappa shape index (κ3) is 3.10. The van der Waals surface area contributed by atoms with Crippen LogP contribution in [0, 0.1) is 6.92 Å². The van der Waals surface area contributed by atoms with Crippen molar-refractivity contribution >= 4 is 16.7 Å². The molecule has 0 aliphatic rings. The average molecular weight is 360 g/mol. The number of fused-ring (bicyclic) bond motifs is 1. The van der Waals surface area contributed by atoms with Crippen molar-refractivity contribution in [3.8, 4) is 17.1 Å². The maximum absolute atomic E-state index is 12.9. The minimum Gasteiger partial charge on any atom is -0.369 e. The molecule has 2 aromatic heterocycles. The fraction of sp³-hybridized carbons (Fsp3) is 0.100. The second kappa shape index (κ2) is 6.53. The molecule has 2 heterocycles. The third-order valence-corrected chi connectivity index (χ3v) is 4.23. The fourth-order valence-corrected chi connectivity index (χ4v) is 2.98. The van der Waals surface area contributed by atoms with Gasteiger partial charge in [-0.15, -0.1) is 0 Å². The molecular weight excluding hydrogens is 344 g/mol. The summed E-state index contributed by atoms with van der Waals surface area (Å²) < 4.78 is 6.45. The average Bonchev–Trinajstić information content (AvgIpc) is 3.09. The molecule has 0 aliphatic heterocycles. The highest BCUT2D eigenvalue weighted by Crippen LogP contribution is 2.25. The zero-order valence-corrected chi connectivity index (χ0v) is 14.5. The van der Waals surface area contributed by atoms with Crippen LogP contribution in [0.15, 0.2) is 63.9 Å². The maximum atomic E-state index is 12.9. The minimum absolute atomic E-state index is 0.172. The van der Waals surface area contributed by atoms with Gasteiger partial charge in [-0.3, -0.25) is 9.59 Å². The molecule has 0 unspecified atom stereocenters. The van der Waals surface area contributed by atoms with E-state index in [1.165, 1.54) is 4.68 Å². The van der Waals surface area contributed by atoms with E-state index in [4.69, 9.17) is 10.3 Å². The smallest absolute Gasteiger partial charge is 0.282 e. The van der Waals surface area contributed by atoms with E-state index in [1.807, 2.05) is 36.4 Å². The number of benzene rings is 2. The molecule has 0 bridgehead atoms. The van der Waals surface area contributed by atoms with Gasteiger partial charge in [0.1, 0.15) is 0 Å². The number of carbonyl (C=O) groups is 1. The predicted molar refractivity (Wildman–Crippen MR) is 100 cm³/mol. The number of aromatic nitrogens is 3. The van der Waals surface area contributed by atoms with E-state index < -0.39 is 0 Å². The van der Waals surface area contributed by atoms with Crippen molar-refractivity contribution in [2.24, 2.45) is 5.73 Å². The van der Waals surface area contributed by atoms with E-state index >= 15 is 0 Å². The van der Waals surface area contributed by atoms with Gasteiger partial charge < -0.3 is 10.3 Å². The molecule has 4 aromatic rings. The van der Waals surface area contributed by atoms with Crippen LogP contribution in [-0.4, -0.2) is 20.8 Å². The molecule has 0 spiro atoms. The van der Waals surface area contributed by atoms with Gasteiger partial charge >= 0.3 is 0 Å². The Balaban J connectivity index is 1.93. The van der Waals surface area contributed by atoms with Crippen molar-refractivity contribution in [1.82, 2.24) is 14.9 Å². The predicted octanol–water partition coefficient (Wildman–Crippen LogP) is 2.38. The van der Waals surface area contributed by atoms with Gasteiger partial charge in [0.05, 0.1) is 23.2 Å². The molecule has 0 saturated heterocycles. The van der Waals surface area contributed by atoms with Crippen LogP contribution in [0.4, 0.5) is 0 Å². The molecule has 0 aliphatic carbocycles. The molecule has 0 fully saturated rings. The highest BCUT2D eigenvalue weighted by Gasteiger charge is 2.15. The van der Waals surface area contributed by atoms with Crippen molar-refractivity contribution in [3.63, 3.8) is 0 Å². The van der Waals surface area contributed by atoms with E-state index in [1.54, 1.807) is 25.1 Å². The molecule has 0 saturated carbocycles. The van der Waals surface area contributed by atoms with Crippen molar-refractivity contribution in [1.29, 1.82) is 0 Å². The first-order chi connectivity index (χ1) is 13.0. The standard InChI is InChI=1S/C20H16N4O3/c1-12-10-18(27-23-12)24-20(26)16-5-3-2-4-15(16)19(22-24)14-8-6-13(7-9-14)11-17(21)25/h2-10H,11H2,1H3,(H2,21,25). The summed E-state index contributed by atoms with van der Waals surface area (Å²) in [7, 11) is 0. The Bertz CT molecular complexity index is 1210.